The SMILES string of the molecule is CCCc1ccc(S(=O)(=O)Nc2nnc(CC)s2)cc1. The van der Waals surface area contributed by atoms with Crippen LogP contribution in [0.3, 0.4) is 0 Å². The molecule has 1 aromatic carbocycles. The van der Waals surface area contributed by atoms with E-state index in [4.69, 9.17) is 0 Å². The molecule has 108 valence electrons. The quantitative estimate of drug-likeness (QED) is 0.890. The number of nitrogens with zero attached hydrogens (tertiary/aromatic N) is 2. The van der Waals surface area contributed by atoms with Crippen LogP contribution < -0.4 is 4.72 Å². The van der Waals surface area contributed by atoms with Gasteiger partial charge in [0.05, 0.1) is 4.90 Å². The molecule has 0 aliphatic rings. The normalized spacial score (nSPS) is 11.5. The van der Waals surface area contributed by atoms with Crippen LogP contribution in [0.1, 0.15) is 30.8 Å². The van der Waals surface area contributed by atoms with Gasteiger partial charge in [0.2, 0.25) is 5.13 Å². The van der Waals surface area contributed by atoms with Gasteiger partial charge in [-0.15, -0.1) is 10.2 Å². The molecule has 0 amide bonds. The Kier molecular flexibility index (Phi) is 4.72. The van der Waals surface area contributed by atoms with Gasteiger partial charge in [0, 0.05) is 0 Å². The molecule has 0 aliphatic heterocycles. The van der Waals surface area contributed by atoms with Crippen LogP contribution in [0.25, 0.3) is 0 Å². The molecule has 0 spiro atoms. The van der Waals surface area contributed by atoms with E-state index in [1.807, 2.05) is 19.1 Å². The van der Waals surface area contributed by atoms with Crippen molar-refractivity contribution in [2.45, 2.75) is 38.0 Å². The first-order chi connectivity index (χ1) is 9.55. The fourth-order valence-electron chi connectivity index (χ4n) is 1.74. The second-order valence-electron chi connectivity index (χ2n) is 4.35. The van der Waals surface area contributed by atoms with Crippen molar-refractivity contribution in [3.05, 3.63) is 34.8 Å². The van der Waals surface area contributed by atoms with Gasteiger partial charge in [-0.25, -0.2) is 8.42 Å². The Morgan fingerprint density at radius 1 is 1.15 bits per heavy atom. The molecule has 5 nitrogen and oxygen atoms in total. The van der Waals surface area contributed by atoms with E-state index in [1.54, 1.807) is 12.1 Å². The summed E-state index contributed by atoms with van der Waals surface area (Å²) in [6.45, 7) is 4.04. The number of aromatic nitrogens is 2. The third kappa shape index (κ3) is 3.55. The fourth-order valence-corrected chi connectivity index (χ4v) is 3.65. The molecule has 0 aliphatic carbocycles. The van der Waals surface area contributed by atoms with E-state index < -0.39 is 10.0 Å². The summed E-state index contributed by atoms with van der Waals surface area (Å²) >= 11 is 1.25. The third-order valence-corrected chi connectivity index (χ3v) is 5.23. The first kappa shape index (κ1) is 14.9. The van der Waals surface area contributed by atoms with E-state index in [2.05, 4.69) is 21.8 Å². The third-order valence-electron chi connectivity index (χ3n) is 2.76. The van der Waals surface area contributed by atoms with Crippen LogP contribution in [-0.2, 0) is 22.9 Å². The number of anilines is 1. The number of hydrogen-bond donors (Lipinski definition) is 1. The maximum atomic E-state index is 12.2. The molecular formula is C13H17N3O2S2. The molecule has 20 heavy (non-hydrogen) atoms. The summed E-state index contributed by atoms with van der Waals surface area (Å²) in [5.74, 6) is 0. The maximum Gasteiger partial charge on any atom is 0.263 e. The van der Waals surface area contributed by atoms with Gasteiger partial charge in [0.15, 0.2) is 0 Å². The molecule has 0 saturated heterocycles. The molecule has 0 radical (unpaired) electrons. The summed E-state index contributed by atoms with van der Waals surface area (Å²) in [6, 6.07) is 6.93. The van der Waals surface area contributed by atoms with E-state index in [-0.39, 0.29) is 4.90 Å². The Hall–Kier alpha value is -1.47. The predicted octanol–water partition coefficient (Wildman–Crippen LogP) is 2.85. The first-order valence-corrected chi connectivity index (χ1v) is 8.79. The Morgan fingerprint density at radius 3 is 2.40 bits per heavy atom. The standard InChI is InChI=1S/C13H17N3O2S2/c1-3-5-10-6-8-11(9-7-10)20(17,18)16-13-15-14-12(4-2)19-13/h6-9H,3-5H2,1-2H3,(H,15,16). The first-order valence-electron chi connectivity index (χ1n) is 6.49. The van der Waals surface area contributed by atoms with Crippen molar-refractivity contribution in [3.8, 4) is 0 Å². The van der Waals surface area contributed by atoms with Gasteiger partial charge in [0.25, 0.3) is 10.0 Å². The van der Waals surface area contributed by atoms with Crippen LogP contribution in [0.15, 0.2) is 29.2 Å². The number of sulfonamides is 1. The average Bonchev–Trinajstić information content (AvgIpc) is 2.87. The van der Waals surface area contributed by atoms with Crippen molar-refractivity contribution < 1.29 is 8.42 Å². The van der Waals surface area contributed by atoms with Crippen LogP contribution >= 0.6 is 11.3 Å². The Morgan fingerprint density at radius 2 is 1.85 bits per heavy atom. The maximum absolute atomic E-state index is 12.2. The van der Waals surface area contributed by atoms with Crippen molar-refractivity contribution in [3.63, 3.8) is 0 Å². The number of rotatable bonds is 6. The summed E-state index contributed by atoms with van der Waals surface area (Å²) in [7, 11) is -3.58. The zero-order chi connectivity index (χ0) is 14.6. The molecule has 0 atom stereocenters. The molecular weight excluding hydrogens is 294 g/mol. The van der Waals surface area contributed by atoms with Gasteiger partial charge < -0.3 is 0 Å². The molecule has 0 bridgehead atoms. The molecule has 1 heterocycles. The fraction of sp³-hybridized carbons (Fsp3) is 0.385. The highest BCUT2D eigenvalue weighted by Crippen LogP contribution is 2.20. The van der Waals surface area contributed by atoms with Crippen molar-refractivity contribution >= 4 is 26.5 Å². The van der Waals surface area contributed by atoms with Gasteiger partial charge in [-0.1, -0.05) is 43.7 Å². The van der Waals surface area contributed by atoms with Crippen molar-refractivity contribution in [2.24, 2.45) is 0 Å². The van der Waals surface area contributed by atoms with Gasteiger partial charge in [0.1, 0.15) is 5.01 Å². The van der Waals surface area contributed by atoms with Gasteiger partial charge in [-0.2, -0.15) is 0 Å². The number of aryl methyl sites for hydroxylation is 2. The molecule has 2 aromatic rings. The highest BCUT2D eigenvalue weighted by molar-refractivity contribution is 7.93. The number of benzene rings is 1. The van der Waals surface area contributed by atoms with Crippen LogP contribution in [0, 0.1) is 0 Å². The topological polar surface area (TPSA) is 72.0 Å². The Balaban J connectivity index is 2.17. The largest absolute Gasteiger partial charge is 0.263 e. The van der Waals surface area contributed by atoms with Crippen LogP contribution in [-0.4, -0.2) is 18.6 Å². The predicted molar refractivity (Wildman–Crippen MR) is 80.5 cm³/mol. The summed E-state index contributed by atoms with van der Waals surface area (Å²) in [6.07, 6.45) is 2.73. The molecule has 0 saturated carbocycles. The van der Waals surface area contributed by atoms with Crippen molar-refractivity contribution in [2.75, 3.05) is 4.72 Å². The lowest BCUT2D eigenvalue weighted by atomic mass is 10.1. The number of hydrogen-bond acceptors (Lipinski definition) is 5. The zero-order valence-electron chi connectivity index (χ0n) is 11.5. The zero-order valence-corrected chi connectivity index (χ0v) is 13.1. The summed E-state index contributed by atoms with van der Waals surface area (Å²) in [5.41, 5.74) is 1.13. The van der Waals surface area contributed by atoms with E-state index in [1.165, 1.54) is 11.3 Å². The highest BCUT2D eigenvalue weighted by atomic mass is 32.2. The summed E-state index contributed by atoms with van der Waals surface area (Å²) in [5, 5.41) is 8.83. The minimum absolute atomic E-state index is 0.241. The minimum Gasteiger partial charge on any atom is -0.253 e. The van der Waals surface area contributed by atoms with Gasteiger partial charge in [-0.3, -0.25) is 4.72 Å². The van der Waals surface area contributed by atoms with Crippen molar-refractivity contribution in [1.29, 1.82) is 0 Å². The van der Waals surface area contributed by atoms with E-state index in [0.717, 1.165) is 29.8 Å². The molecule has 1 aromatic heterocycles. The molecule has 0 unspecified atom stereocenters. The molecule has 2 rings (SSSR count). The van der Waals surface area contributed by atoms with Crippen LogP contribution in [0.2, 0.25) is 0 Å². The minimum atomic E-state index is -3.58. The lowest BCUT2D eigenvalue weighted by Crippen LogP contribution is -2.12. The Labute approximate surface area is 123 Å². The highest BCUT2D eigenvalue weighted by Gasteiger charge is 2.16. The number of nitrogens with one attached hydrogen (secondary N) is 1. The van der Waals surface area contributed by atoms with Gasteiger partial charge >= 0.3 is 0 Å². The monoisotopic (exact) mass is 311 g/mol. The van der Waals surface area contributed by atoms with E-state index >= 15 is 0 Å². The van der Waals surface area contributed by atoms with E-state index in [0.29, 0.717) is 5.13 Å². The Bertz CT molecular complexity index is 663. The summed E-state index contributed by atoms with van der Waals surface area (Å²) < 4.78 is 26.9. The van der Waals surface area contributed by atoms with Crippen LogP contribution in [0.4, 0.5) is 5.13 Å². The van der Waals surface area contributed by atoms with Gasteiger partial charge in [-0.05, 0) is 30.5 Å². The summed E-state index contributed by atoms with van der Waals surface area (Å²) in [4.78, 5) is 0.241. The second-order valence-corrected chi connectivity index (χ2v) is 7.10. The lowest BCUT2D eigenvalue weighted by molar-refractivity contribution is 0.601. The van der Waals surface area contributed by atoms with E-state index in [9.17, 15) is 8.42 Å². The molecule has 7 heteroatoms. The average molecular weight is 311 g/mol. The van der Waals surface area contributed by atoms with Crippen LogP contribution in [0.5, 0.6) is 0 Å². The molecule has 0 fully saturated rings. The molecule has 1 N–H and O–H groups in total. The van der Waals surface area contributed by atoms with Crippen molar-refractivity contribution in [1.82, 2.24) is 10.2 Å². The smallest absolute Gasteiger partial charge is 0.253 e. The second kappa shape index (κ2) is 6.32. The lowest BCUT2D eigenvalue weighted by Gasteiger charge is -2.05.